The summed E-state index contributed by atoms with van der Waals surface area (Å²) in [5.74, 6) is 1.62. The van der Waals surface area contributed by atoms with Crippen molar-refractivity contribution in [2.45, 2.75) is 31.8 Å². The minimum Gasteiger partial charge on any atom is -0.490 e. The molecule has 1 N–H and O–H groups in total. The van der Waals surface area contributed by atoms with Crippen molar-refractivity contribution in [3.63, 3.8) is 0 Å². The maximum absolute atomic E-state index is 14.0. The van der Waals surface area contributed by atoms with E-state index in [9.17, 15) is 9.18 Å². The summed E-state index contributed by atoms with van der Waals surface area (Å²) in [4.78, 5) is 15.9. The first-order valence-electron chi connectivity index (χ1n) is 13.7. The fourth-order valence-electron chi connectivity index (χ4n) is 5.12. The van der Waals surface area contributed by atoms with E-state index in [1.807, 2.05) is 35.2 Å². The molecule has 2 heterocycles. The number of carbonyl (C=O) groups is 1. The van der Waals surface area contributed by atoms with Gasteiger partial charge in [0.15, 0.2) is 17.2 Å². The number of carbonyl (C=O) groups excluding carboxylic acids is 1. The van der Waals surface area contributed by atoms with E-state index in [2.05, 4.69) is 5.32 Å². The van der Waals surface area contributed by atoms with Crippen LogP contribution < -0.4 is 24.3 Å². The van der Waals surface area contributed by atoms with Gasteiger partial charge in [0.25, 0.3) is 5.91 Å². The van der Waals surface area contributed by atoms with Gasteiger partial charge in [0.1, 0.15) is 24.8 Å². The standard InChI is InChI=1S/C31H28Cl3FN2O5/c32-25-14-29-28(41-17-42-29)11-19(25)16-37(21-3-4-21)31(38)24-15-36-8-7-23(24)18-1-5-22(6-2-18)39-9-10-40-30-26(33)12-20(35)13-27(30)34/h1-2,5-6,11-14,21,36H,3-4,7-10,15-17H2. The highest BCUT2D eigenvalue weighted by Crippen LogP contribution is 2.39. The zero-order chi connectivity index (χ0) is 29.2. The molecule has 0 spiro atoms. The lowest BCUT2D eigenvalue weighted by Gasteiger charge is -2.28. The van der Waals surface area contributed by atoms with Gasteiger partial charge in [-0.2, -0.15) is 0 Å². The molecule has 3 aliphatic rings. The Labute approximate surface area is 258 Å². The SMILES string of the molecule is O=C(C1=C(c2ccc(OCCOc3c(Cl)cc(F)cc3Cl)cc2)CCNC1)N(Cc1cc2c(cc1Cl)OCO2)C1CC1. The van der Waals surface area contributed by atoms with E-state index < -0.39 is 5.82 Å². The van der Waals surface area contributed by atoms with Gasteiger partial charge < -0.3 is 29.2 Å². The average molecular weight is 634 g/mol. The Morgan fingerprint density at radius 1 is 0.952 bits per heavy atom. The second-order valence-corrected chi connectivity index (χ2v) is 11.5. The van der Waals surface area contributed by atoms with E-state index in [0.717, 1.165) is 60.2 Å². The van der Waals surface area contributed by atoms with Crippen LogP contribution >= 0.6 is 34.8 Å². The number of rotatable bonds is 10. The monoisotopic (exact) mass is 632 g/mol. The zero-order valence-electron chi connectivity index (χ0n) is 22.6. The van der Waals surface area contributed by atoms with Crippen molar-refractivity contribution in [3.8, 4) is 23.0 Å². The highest BCUT2D eigenvalue weighted by atomic mass is 35.5. The molecule has 2 aliphatic heterocycles. The summed E-state index contributed by atoms with van der Waals surface area (Å²) < 4.78 is 35.8. The Kier molecular flexibility index (Phi) is 8.67. The van der Waals surface area contributed by atoms with Crippen molar-refractivity contribution in [1.82, 2.24) is 10.2 Å². The molecule has 0 radical (unpaired) electrons. The maximum atomic E-state index is 14.0. The van der Waals surface area contributed by atoms with Gasteiger partial charge in [-0.1, -0.05) is 46.9 Å². The van der Waals surface area contributed by atoms with Crippen molar-refractivity contribution in [2.75, 3.05) is 33.1 Å². The normalized spacial score (nSPS) is 16.0. The molecule has 1 saturated carbocycles. The number of benzene rings is 3. The summed E-state index contributed by atoms with van der Waals surface area (Å²) in [7, 11) is 0. The Bertz CT molecular complexity index is 1500. The summed E-state index contributed by atoms with van der Waals surface area (Å²) in [5.41, 5.74) is 3.60. The third kappa shape index (κ3) is 6.42. The molecular formula is C31H28Cl3FN2O5. The lowest BCUT2D eigenvalue weighted by Crippen LogP contribution is -2.39. The molecule has 1 aliphatic carbocycles. The summed E-state index contributed by atoms with van der Waals surface area (Å²) in [6.45, 7) is 2.26. The molecule has 1 fully saturated rings. The quantitative estimate of drug-likeness (QED) is 0.245. The van der Waals surface area contributed by atoms with Crippen molar-refractivity contribution in [3.05, 3.63) is 86.1 Å². The van der Waals surface area contributed by atoms with Crippen LogP contribution in [0.25, 0.3) is 5.57 Å². The molecule has 7 nitrogen and oxygen atoms in total. The summed E-state index contributed by atoms with van der Waals surface area (Å²) in [6.07, 6.45) is 2.68. The maximum Gasteiger partial charge on any atom is 0.251 e. The molecule has 1 amide bonds. The molecule has 0 bridgehead atoms. The Hall–Kier alpha value is -3.17. The third-order valence-electron chi connectivity index (χ3n) is 7.37. The summed E-state index contributed by atoms with van der Waals surface area (Å²) in [5, 5.41) is 4.12. The van der Waals surface area contributed by atoms with E-state index in [4.69, 9.17) is 53.8 Å². The summed E-state index contributed by atoms with van der Waals surface area (Å²) >= 11 is 18.6. The fraction of sp³-hybridized carbons (Fsp3) is 0.323. The first-order valence-corrected chi connectivity index (χ1v) is 14.8. The lowest BCUT2D eigenvalue weighted by molar-refractivity contribution is -0.128. The molecule has 0 unspecified atom stereocenters. The van der Waals surface area contributed by atoms with Crippen molar-refractivity contribution >= 4 is 46.3 Å². The molecule has 0 aromatic heterocycles. The first-order chi connectivity index (χ1) is 20.4. The fourth-order valence-corrected chi connectivity index (χ4v) is 5.90. The predicted molar refractivity (Wildman–Crippen MR) is 159 cm³/mol. The number of fused-ring (bicyclic) bond motifs is 1. The average Bonchev–Trinajstić information content (AvgIpc) is 3.72. The Morgan fingerprint density at radius 2 is 1.64 bits per heavy atom. The molecular weight excluding hydrogens is 606 g/mol. The van der Waals surface area contributed by atoms with E-state index in [-0.39, 0.29) is 47.8 Å². The van der Waals surface area contributed by atoms with Gasteiger partial charge in [0.05, 0.1) is 10.0 Å². The second-order valence-electron chi connectivity index (χ2n) is 10.3. The number of nitrogens with one attached hydrogen (secondary N) is 1. The largest absolute Gasteiger partial charge is 0.490 e. The van der Waals surface area contributed by atoms with Gasteiger partial charge in [0, 0.05) is 35.8 Å². The molecule has 3 aromatic rings. The van der Waals surface area contributed by atoms with Crippen LogP contribution in [-0.2, 0) is 11.3 Å². The van der Waals surface area contributed by atoms with Crippen LogP contribution in [0, 0.1) is 5.82 Å². The number of ether oxygens (including phenoxy) is 4. The molecule has 220 valence electrons. The van der Waals surface area contributed by atoms with Crippen LogP contribution in [0.2, 0.25) is 15.1 Å². The van der Waals surface area contributed by atoms with Crippen LogP contribution in [0.1, 0.15) is 30.4 Å². The molecule has 42 heavy (non-hydrogen) atoms. The molecule has 11 heteroatoms. The highest BCUT2D eigenvalue weighted by Gasteiger charge is 2.36. The minimum atomic E-state index is -0.531. The topological polar surface area (TPSA) is 69.3 Å². The molecule has 0 saturated heterocycles. The third-order valence-corrected chi connectivity index (χ3v) is 8.28. The number of halogens is 4. The zero-order valence-corrected chi connectivity index (χ0v) is 24.8. The molecule has 0 atom stereocenters. The second kappa shape index (κ2) is 12.6. The highest BCUT2D eigenvalue weighted by molar-refractivity contribution is 6.37. The summed E-state index contributed by atoms with van der Waals surface area (Å²) in [6, 6.07) is 13.8. The molecule has 6 rings (SSSR count). The van der Waals surface area contributed by atoms with Gasteiger partial charge in [-0.05, 0) is 72.8 Å². The van der Waals surface area contributed by atoms with Gasteiger partial charge in [-0.3, -0.25) is 4.79 Å². The van der Waals surface area contributed by atoms with Crippen molar-refractivity contribution in [2.24, 2.45) is 0 Å². The van der Waals surface area contributed by atoms with Gasteiger partial charge in [-0.15, -0.1) is 0 Å². The van der Waals surface area contributed by atoms with Crippen LogP contribution in [-0.4, -0.2) is 49.9 Å². The van der Waals surface area contributed by atoms with E-state index in [1.54, 1.807) is 6.07 Å². The number of amides is 1. The number of hydrogen-bond donors (Lipinski definition) is 1. The number of hydrogen-bond acceptors (Lipinski definition) is 6. The van der Waals surface area contributed by atoms with Gasteiger partial charge in [0.2, 0.25) is 6.79 Å². The first kappa shape index (κ1) is 28.9. The van der Waals surface area contributed by atoms with E-state index >= 15 is 0 Å². The molecule has 3 aromatic carbocycles. The van der Waals surface area contributed by atoms with E-state index in [1.165, 1.54) is 0 Å². The van der Waals surface area contributed by atoms with E-state index in [0.29, 0.717) is 35.4 Å². The Balaban J connectivity index is 1.13. The number of nitrogens with zero attached hydrogens (tertiary/aromatic N) is 1. The van der Waals surface area contributed by atoms with Crippen LogP contribution in [0.15, 0.2) is 54.1 Å². The van der Waals surface area contributed by atoms with Crippen molar-refractivity contribution in [1.29, 1.82) is 0 Å². The van der Waals surface area contributed by atoms with Gasteiger partial charge >= 0.3 is 0 Å². The van der Waals surface area contributed by atoms with Gasteiger partial charge in [-0.25, -0.2) is 4.39 Å². The Morgan fingerprint density at radius 3 is 2.36 bits per heavy atom. The van der Waals surface area contributed by atoms with Crippen LogP contribution in [0.3, 0.4) is 0 Å². The van der Waals surface area contributed by atoms with Crippen LogP contribution in [0.4, 0.5) is 4.39 Å². The van der Waals surface area contributed by atoms with Crippen LogP contribution in [0.5, 0.6) is 23.0 Å². The smallest absolute Gasteiger partial charge is 0.251 e. The minimum absolute atomic E-state index is 0.0176. The predicted octanol–water partition coefficient (Wildman–Crippen LogP) is 6.91. The lowest BCUT2D eigenvalue weighted by atomic mass is 9.93. The van der Waals surface area contributed by atoms with Crippen molar-refractivity contribution < 1.29 is 28.1 Å².